The van der Waals surface area contributed by atoms with Crippen LogP contribution in [0.25, 0.3) is 0 Å². The number of aryl methyl sites for hydroxylation is 1. The van der Waals surface area contributed by atoms with Crippen LogP contribution < -0.4 is 5.32 Å². The van der Waals surface area contributed by atoms with E-state index in [9.17, 15) is 4.79 Å². The zero-order valence-electron chi connectivity index (χ0n) is 12.8. The minimum atomic E-state index is 0.0852. The number of carbonyl (C=O) groups excluding carboxylic acids is 1. The lowest BCUT2D eigenvalue weighted by Gasteiger charge is -2.13. The van der Waals surface area contributed by atoms with E-state index < -0.39 is 0 Å². The summed E-state index contributed by atoms with van der Waals surface area (Å²) in [7, 11) is 0. The van der Waals surface area contributed by atoms with Crippen LogP contribution in [-0.4, -0.2) is 12.5 Å². The van der Waals surface area contributed by atoms with Crippen LogP contribution in [0.5, 0.6) is 0 Å². The van der Waals surface area contributed by atoms with Crippen molar-refractivity contribution in [1.29, 1.82) is 0 Å². The van der Waals surface area contributed by atoms with E-state index in [2.05, 4.69) is 43.4 Å². The third kappa shape index (κ3) is 4.75. The maximum absolute atomic E-state index is 12.0. The predicted octanol–water partition coefficient (Wildman–Crippen LogP) is 3.71. The van der Waals surface area contributed by atoms with Crippen LogP contribution >= 0.6 is 0 Å². The van der Waals surface area contributed by atoms with Crippen LogP contribution in [-0.2, 0) is 17.6 Å². The molecule has 2 heteroatoms. The summed E-state index contributed by atoms with van der Waals surface area (Å²) in [6, 6.07) is 18.5. The van der Waals surface area contributed by atoms with Gasteiger partial charge in [-0.25, -0.2) is 0 Å². The molecule has 0 fully saturated rings. The highest BCUT2D eigenvalue weighted by Gasteiger charge is 2.08. The Hall–Kier alpha value is -2.09. The normalized spacial score (nSPS) is 11.9. The highest BCUT2D eigenvalue weighted by atomic mass is 16.1. The van der Waals surface area contributed by atoms with Gasteiger partial charge in [-0.1, -0.05) is 68.4 Å². The fourth-order valence-electron chi connectivity index (χ4n) is 2.31. The summed E-state index contributed by atoms with van der Waals surface area (Å²) in [5.74, 6) is 0.416. The number of benzene rings is 2. The molecule has 0 aliphatic rings. The van der Waals surface area contributed by atoms with E-state index in [4.69, 9.17) is 0 Å². The van der Waals surface area contributed by atoms with Crippen LogP contribution in [0, 0.1) is 0 Å². The molecule has 0 aliphatic heterocycles. The third-order valence-electron chi connectivity index (χ3n) is 3.77. The fourth-order valence-corrected chi connectivity index (χ4v) is 2.31. The number of carbonyl (C=O) groups is 1. The summed E-state index contributed by atoms with van der Waals surface area (Å²) in [4.78, 5) is 12.0. The Kier molecular flexibility index (Phi) is 5.56. The zero-order chi connectivity index (χ0) is 15.1. The summed E-state index contributed by atoms with van der Waals surface area (Å²) < 4.78 is 0. The Balaban J connectivity index is 1.81. The van der Waals surface area contributed by atoms with Gasteiger partial charge in [0.25, 0.3) is 0 Å². The lowest BCUT2D eigenvalue weighted by atomic mass is 10.0. The fraction of sp³-hybridized carbons (Fsp3) is 0.316. The molecule has 2 nitrogen and oxygen atoms in total. The van der Waals surface area contributed by atoms with E-state index in [0.29, 0.717) is 18.9 Å². The Morgan fingerprint density at radius 1 is 1.00 bits per heavy atom. The standard InChI is InChI=1S/C19H23NO/c1-3-16-9-11-17(12-10-16)13-19(21)20-14-15(2)18-7-5-4-6-8-18/h4-12,15H,3,13-14H2,1-2H3,(H,20,21)/t15-/m1/s1. The summed E-state index contributed by atoms with van der Waals surface area (Å²) in [5, 5.41) is 3.02. The van der Waals surface area contributed by atoms with Gasteiger partial charge in [0.05, 0.1) is 6.42 Å². The third-order valence-corrected chi connectivity index (χ3v) is 3.77. The van der Waals surface area contributed by atoms with Crippen LogP contribution in [0.15, 0.2) is 54.6 Å². The molecule has 0 unspecified atom stereocenters. The quantitative estimate of drug-likeness (QED) is 0.859. The van der Waals surface area contributed by atoms with Crippen molar-refractivity contribution in [3.63, 3.8) is 0 Å². The van der Waals surface area contributed by atoms with Crippen LogP contribution in [0.4, 0.5) is 0 Å². The molecule has 2 rings (SSSR count). The first kappa shape index (κ1) is 15.3. The first-order valence-corrected chi connectivity index (χ1v) is 7.58. The summed E-state index contributed by atoms with van der Waals surface area (Å²) in [6.07, 6.45) is 1.48. The van der Waals surface area contributed by atoms with Crippen LogP contribution in [0.2, 0.25) is 0 Å². The summed E-state index contributed by atoms with van der Waals surface area (Å²) in [5.41, 5.74) is 3.62. The van der Waals surface area contributed by atoms with Crippen LogP contribution in [0.1, 0.15) is 36.5 Å². The smallest absolute Gasteiger partial charge is 0.224 e. The SMILES string of the molecule is CCc1ccc(CC(=O)NC[C@@H](C)c2ccccc2)cc1. The van der Waals surface area contributed by atoms with Gasteiger partial charge in [-0.05, 0) is 29.0 Å². The Bertz CT molecular complexity index is 560. The van der Waals surface area contributed by atoms with Gasteiger partial charge < -0.3 is 5.32 Å². The Morgan fingerprint density at radius 2 is 1.62 bits per heavy atom. The molecular weight excluding hydrogens is 258 g/mol. The second-order valence-electron chi connectivity index (χ2n) is 5.46. The van der Waals surface area contributed by atoms with Gasteiger partial charge in [-0.15, -0.1) is 0 Å². The van der Waals surface area contributed by atoms with E-state index >= 15 is 0 Å². The molecule has 110 valence electrons. The van der Waals surface area contributed by atoms with Crippen molar-refractivity contribution in [2.24, 2.45) is 0 Å². The number of hydrogen-bond acceptors (Lipinski definition) is 1. The minimum absolute atomic E-state index is 0.0852. The average molecular weight is 281 g/mol. The second kappa shape index (κ2) is 7.63. The van der Waals surface area contributed by atoms with Crippen molar-refractivity contribution >= 4 is 5.91 Å². The second-order valence-corrected chi connectivity index (χ2v) is 5.46. The van der Waals surface area contributed by atoms with Gasteiger partial charge >= 0.3 is 0 Å². The largest absolute Gasteiger partial charge is 0.355 e. The average Bonchev–Trinajstić information content (AvgIpc) is 2.54. The molecule has 0 aliphatic carbocycles. The lowest BCUT2D eigenvalue weighted by Crippen LogP contribution is -2.28. The lowest BCUT2D eigenvalue weighted by molar-refractivity contribution is -0.120. The van der Waals surface area contributed by atoms with E-state index in [-0.39, 0.29) is 5.91 Å². The van der Waals surface area contributed by atoms with Crippen molar-refractivity contribution < 1.29 is 4.79 Å². The first-order chi connectivity index (χ1) is 10.2. The zero-order valence-corrected chi connectivity index (χ0v) is 12.8. The van der Waals surface area contributed by atoms with Gasteiger partial charge in [0.15, 0.2) is 0 Å². The number of rotatable bonds is 6. The highest BCUT2D eigenvalue weighted by molar-refractivity contribution is 5.78. The number of amides is 1. The van der Waals surface area contributed by atoms with Crippen molar-refractivity contribution in [2.45, 2.75) is 32.6 Å². The molecule has 0 radical (unpaired) electrons. The molecule has 0 saturated heterocycles. The summed E-state index contributed by atoms with van der Waals surface area (Å²) in [6.45, 7) is 4.94. The maximum atomic E-state index is 12.0. The molecule has 1 N–H and O–H groups in total. The molecule has 2 aromatic rings. The number of hydrogen-bond donors (Lipinski definition) is 1. The molecule has 0 saturated carbocycles. The van der Waals surface area contributed by atoms with Gasteiger partial charge in [0.2, 0.25) is 5.91 Å². The van der Waals surface area contributed by atoms with Crippen molar-refractivity contribution in [2.75, 3.05) is 6.54 Å². The van der Waals surface area contributed by atoms with Gasteiger partial charge in [-0.3, -0.25) is 4.79 Å². The highest BCUT2D eigenvalue weighted by Crippen LogP contribution is 2.13. The van der Waals surface area contributed by atoms with E-state index in [1.54, 1.807) is 0 Å². The van der Waals surface area contributed by atoms with Crippen LogP contribution in [0.3, 0.4) is 0 Å². The topological polar surface area (TPSA) is 29.1 Å². The van der Waals surface area contributed by atoms with E-state index in [0.717, 1.165) is 12.0 Å². The molecule has 0 spiro atoms. The van der Waals surface area contributed by atoms with E-state index in [1.807, 2.05) is 30.3 Å². The van der Waals surface area contributed by atoms with Gasteiger partial charge in [0, 0.05) is 6.54 Å². The predicted molar refractivity (Wildman–Crippen MR) is 87.4 cm³/mol. The Morgan fingerprint density at radius 3 is 2.24 bits per heavy atom. The minimum Gasteiger partial charge on any atom is -0.355 e. The van der Waals surface area contributed by atoms with Crippen molar-refractivity contribution in [3.05, 3.63) is 71.3 Å². The monoisotopic (exact) mass is 281 g/mol. The molecular formula is C19H23NO. The molecule has 0 aromatic heterocycles. The molecule has 2 aromatic carbocycles. The first-order valence-electron chi connectivity index (χ1n) is 7.58. The maximum Gasteiger partial charge on any atom is 0.224 e. The molecule has 1 amide bonds. The molecule has 0 bridgehead atoms. The van der Waals surface area contributed by atoms with Gasteiger partial charge in [0.1, 0.15) is 0 Å². The van der Waals surface area contributed by atoms with Crippen molar-refractivity contribution in [1.82, 2.24) is 5.32 Å². The van der Waals surface area contributed by atoms with Crippen molar-refractivity contribution in [3.8, 4) is 0 Å². The molecule has 21 heavy (non-hydrogen) atoms. The molecule has 1 atom stereocenters. The Labute approximate surface area is 127 Å². The van der Waals surface area contributed by atoms with E-state index in [1.165, 1.54) is 11.1 Å². The number of nitrogens with one attached hydrogen (secondary N) is 1. The summed E-state index contributed by atoms with van der Waals surface area (Å²) >= 11 is 0. The molecule has 0 heterocycles. The van der Waals surface area contributed by atoms with Gasteiger partial charge in [-0.2, -0.15) is 0 Å².